The van der Waals surface area contributed by atoms with Crippen LogP contribution in [0.3, 0.4) is 0 Å². The highest BCUT2D eigenvalue weighted by Crippen LogP contribution is 2.17. The van der Waals surface area contributed by atoms with E-state index in [1.165, 1.54) is 0 Å². The Labute approximate surface area is 119 Å². The number of aryl methyl sites for hydroxylation is 1. The van der Waals surface area contributed by atoms with E-state index in [1.54, 1.807) is 4.57 Å². The van der Waals surface area contributed by atoms with E-state index in [4.69, 9.17) is 0 Å². The van der Waals surface area contributed by atoms with E-state index < -0.39 is 0 Å². The van der Waals surface area contributed by atoms with Crippen molar-refractivity contribution in [3.8, 4) is 6.07 Å². The first kappa shape index (κ1) is 14.6. The van der Waals surface area contributed by atoms with Crippen LogP contribution in [0.25, 0.3) is 0 Å². The molecule has 1 aromatic rings. The Hall–Kier alpha value is -1.80. The Morgan fingerprint density at radius 3 is 2.70 bits per heavy atom. The summed E-state index contributed by atoms with van der Waals surface area (Å²) in [6.45, 7) is 8.39. The Bertz CT molecular complexity index is 550. The maximum atomic E-state index is 12.4. The average Bonchev–Trinajstić information content (AvgIpc) is 2.46. The molecule has 1 aliphatic heterocycles. The Balaban J connectivity index is 2.29. The molecular formula is C15H22N4O. The Morgan fingerprint density at radius 2 is 2.10 bits per heavy atom. The van der Waals surface area contributed by atoms with Crippen LogP contribution in [-0.4, -0.2) is 30.7 Å². The zero-order chi connectivity index (χ0) is 14.5. The molecule has 5 nitrogen and oxygen atoms in total. The molecule has 20 heavy (non-hydrogen) atoms. The largest absolute Gasteiger partial charge is 0.368 e. The number of nitriles is 1. The lowest BCUT2D eigenvalue weighted by Gasteiger charge is -2.30. The highest BCUT2D eigenvalue weighted by Gasteiger charge is 2.17. The molecule has 108 valence electrons. The van der Waals surface area contributed by atoms with E-state index in [0.29, 0.717) is 12.5 Å². The molecule has 0 aliphatic carbocycles. The Morgan fingerprint density at radius 1 is 1.40 bits per heavy atom. The number of nitrogens with zero attached hydrogens (tertiary/aromatic N) is 3. The molecule has 1 saturated heterocycles. The lowest BCUT2D eigenvalue weighted by molar-refractivity contribution is 0.507. The minimum absolute atomic E-state index is 0.163. The van der Waals surface area contributed by atoms with Crippen molar-refractivity contribution in [1.29, 1.82) is 5.26 Å². The van der Waals surface area contributed by atoms with Gasteiger partial charge in [-0.2, -0.15) is 5.26 Å². The highest BCUT2D eigenvalue weighted by atomic mass is 16.1. The van der Waals surface area contributed by atoms with Gasteiger partial charge in [0.05, 0.1) is 5.69 Å². The van der Waals surface area contributed by atoms with Gasteiger partial charge in [0.2, 0.25) is 0 Å². The van der Waals surface area contributed by atoms with Crippen molar-refractivity contribution in [2.75, 3.05) is 31.1 Å². The predicted molar refractivity (Wildman–Crippen MR) is 80.0 cm³/mol. The van der Waals surface area contributed by atoms with Gasteiger partial charge in [-0.3, -0.25) is 4.79 Å². The van der Waals surface area contributed by atoms with E-state index in [-0.39, 0.29) is 11.1 Å². The molecule has 0 radical (unpaired) electrons. The molecule has 0 spiro atoms. The number of piperazine rings is 1. The smallest absolute Gasteiger partial charge is 0.270 e. The first-order valence-corrected chi connectivity index (χ1v) is 7.22. The van der Waals surface area contributed by atoms with Crippen molar-refractivity contribution < 1.29 is 0 Å². The van der Waals surface area contributed by atoms with Gasteiger partial charge in [0.1, 0.15) is 11.6 Å². The molecule has 0 aromatic carbocycles. The second-order valence-electron chi connectivity index (χ2n) is 5.61. The average molecular weight is 274 g/mol. The van der Waals surface area contributed by atoms with Crippen molar-refractivity contribution in [3.63, 3.8) is 0 Å². The summed E-state index contributed by atoms with van der Waals surface area (Å²) < 4.78 is 1.66. The third kappa shape index (κ3) is 3.20. The molecule has 0 saturated carbocycles. The van der Waals surface area contributed by atoms with Crippen molar-refractivity contribution >= 4 is 5.69 Å². The van der Waals surface area contributed by atoms with E-state index in [9.17, 15) is 10.1 Å². The van der Waals surface area contributed by atoms with Crippen LogP contribution in [-0.2, 0) is 6.54 Å². The van der Waals surface area contributed by atoms with Crippen LogP contribution in [0.1, 0.15) is 25.8 Å². The maximum Gasteiger partial charge on any atom is 0.270 e. The third-order valence-electron chi connectivity index (χ3n) is 3.66. The number of hydrogen-bond donors (Lipinski definition) is 1. The summed E-state index contributed by atoms with van der Waals surface area (Å²) in [5.41, 5.74) is 0.891. The topological polar surface area (TPSA) is 61.1 Å². The molecule has 0 atom stereocenters. The normalized spacial score (nSPS) is 15.4. The van der Waals surface area contributed by atoms with Crippen LogP contribution < -0.4 is 15.8 Å². The summed E-state index contributed by atoms with van der Waals surface area (Å²) in [5.74, 6) is 0.542. The monoisotopic (exact) mass is 274 g/mol. The van der Waals surface area contributed by atoms with Crippen LogP contribution in [0, 0.1) is 17.2 Å². The fourth-order valence-electron chi connectivity index (χ4n) is 2.41. The van der Waals surface area contributed by atoms with Crippen molar-refractivity contribution in [2.45, 2.75) is 26.8 Å². The van der Waals surface area contributed by atoms with E-state index >= 15 is 0 Å². The number of anilines is 1. The number of hydrogen-bond acceptors (Lipinski definition) is 4. The number of aromatic nitrogens is 1. The molecule has 1 aromatic heterocycles. The van der Waals surface area contributed by atoms with Crippen LogP contribution in [0.15, 0.2) is 17.1 Å². The number of rotatable bonds is 4. The van der Waals surface area contributed by atoms with Crippen molar-refractivity contribution in [2.24, 2.45) is 5.92 Å². The lowest BCUT2D eigenvalue weighted by atomic mass is 10.1. The third-order valence-corrected chi connectivity index (χ3v) is 3.66. The Kier molecular flexibility index (Phi) is 4.80. The van der Waals surface area contributed by atoms with Gasteiger partial charge in [-0.1, -0.05) is 13.8 Å². The van der Waals surface area contributed by atoms with E-state index in [1.807, 2.05) is 12.3 Å². The highest BCUT2D eigenvalue weighted by molar-refractivity contribution is 5.58. The van der Waals surface area contributed by atoms with Gasteiger partial charge in [0.15, 0.2) is 0 Å². The standard InChI is InChI=1S/C15H22N4O/c1-12(2)3-7-19-8-4-14(13(11-16)15(19)20)18-9-5-17-6-10-18/h4,8,12,17H,3,5-7,9-10H2,1-2H3. The summed E-state index contributed by atoms with van der Waals surface area (Å²) in [6.07, 6.45) is 2.76. The lowest BCUT2D eigenvalue weighted by Crippen LogP contribution is -2.44. The predicted octanol–water partition coefficient (Wildman–Crippen LogP) is 1.18. The minimum atomic E-state index is -0.163. The summed E-state index contributed by atoms with van der Waals surface area (Å²) in [7, 11) is 0. The number of pyridine rings is 1. The van der Waals surface area contributed by atoms with Gasteiger partial charge < -0.3 is 14.8 Å². The zero-order valence-corrected chi connectivity index (χ0v) is 12.2. The first-order chi connectivity index (χ1) is 9.63. The van der Waals surface area contributed by atoms with Gasteiger partial charge in [-0.25, -0.2) is 0 Å². The molecule has 2 rings (SSSR count). The van der Waals surface area contributed by atoms with Crippen molar-refractivity contribution in [3.05, 3.63) is 28.2 Å². The molecule has 1 fully saturated rings. The molecule has 1 N–H and O–H groups in total. The van der Waals surface area contributed by atoms with Gasteiger partial charge in [-0.15, -0.1) is 0 Å². The van der Waals surface area contributed by atoms with Crippen molar-refractivity contribution in [1.82, 2.24) is 9.88 Å². The minimum Gasteiger partial charge on any atom is -0.368 e. The molecule has 0 bridgehead atoms. The second kappa shape index (κ2) is 6.58. The van der Waals surface area contributed by atoms with Gasteiger partial charge in [-0.05, 0) is 18.4 Å². The fraction of sp³-hybridized carbons (Fsp3) is 0.600. The quantitative estimate of drug-likeness (QED) is 0.895. The molecule has 5 heteroatoms. The summed E-state index contributed by atoms with van der Waals surface area (Å²) >= 11 is 0. The SMILES string of the molecule is CC(C)CCn1ccc(N2CCNCC2)c(C#N)c1=O. The van der Waals surface area contributed by atoms with Crippen LogP contribution in [0.4, 0.5) is 5.69 Å². The van der Waals surface area contributed by atoms with Crippen LogP contribution in [0.2, 0.25) is 0 Å². The molecule has 2 heterocycles. The summed E-state index contributed by atoms with van der Waals surface area (Å²) in [6, 6.07) is 4.00. The van der Waals surface area contributed by atoms with Crippen LogP contribution >= 0.6 is 0 Å². The van der Waals surface area contributed by atoms with Gasteiger partial charge >= 0.3 is 0 Å². The number of nitrogens with one attached hydrogen (secondary N) is 1. The van der Waals surface area contributed by atoms with Gasteiger partial charge in [0, 0.05) is 38.9 Å². The first-order valence-electron chi connectivity index (χ1n) is 7.22. The molecular weight excluding hydrogens is 252 g/mol. The van der Waals surface area contributed by atoms with Gasteiger partial charge in [0.25, 0.3) is 5.56 Å². The molecule has 1 aliphatic rings. The van der Waals surface area contributed by atoms with Crippen LogP contribution in [0.5, 0.6) is 0 Å². The maximum absolute atomic E-state index is 12.4. The summed E-state index contributed by atoms with van der Waals surface area (Å²) in [5, 5.41) is 12.6. The summed E-state index contributed by atoms with van der Waals surface area (Å²) in [4.78, 5) is 14.5. The molecule has 0 amide bonds. The van der Waals surface area contributed by atoms with E-state index in [0.717, 1.165) is 38.3 Å². The second-order valence-corrected chi connectivity index (χ2v) is 5.61. The molecule has 0 unspecified atom stereocenters. The fourth-order valence-corrected chi connectivity index (χ4v) is 2.41. The van der Waals surface area contributed by atoms with E-state index in [2.05, 4.69) is 30.1 Å². The zero-order valence-electron chi connectivity index (χ0n) is 12.2.